The Kier molecular flexibility index (Phi) is 20.9. The summed E-state index contributed by atoms with van der Waals surface area (Å²) in [5, 5.41) is 26.7. The van der Waals surface area contributed by atoms with Gasteiger partial charge in [0.25, 0.3) is 41.4 Å². The van der Waals surface area contributed by atoms with Crippen LogP contribution in [0.25, 0.3) is 0 Å². The number of carbonyl (C=O) groups excluding carboxylic acids is 11. The summed E-state index contributed by atoms with van der Waals surface area (Å²) in [6, 6.07) is 4.41. The smallest absolute Gasteiger partial charge is 0.291 e. The Labute approximate surface area is 514 Å². The lowest BCUT2D eigenvalue weighted by molar-refractivity contribution is -0.132. The summed E-state index contributed by atoms with van der Waals surface area (Å²) in [6.07, 6.45) is 12.2. The summed E-state index contributed by atoms with van der Waals surface area (Å²) in [5.74, 6) is -4.71. The number of nitrogens with zero attached hydrogens (tertiary/aromatic N) is 13. The minimum Gasteiger partial charge on any atom is -0.351 e. The second kappa shape index (κ2) is 29.0. The third-order valence-corrected chi connectivity index (χ3v) is 14.2. The highest BCUT2D eigenvalue weighted by Crippen LogP contribution is 2.19. The summed E-state index contributed by atoms with van der Waals surface area (Å²) in [7, 11) is 13.2. The number of amides is 11. The lowest BCUT2D eigenvalue weighted by Gasteiger charge is -2.32. The van der Waals surface area contributed by atoms with Crippen molar-refractivity contribution in [3.8, 4) is 0 Å². The number of imidazole rings is 4. The molecule has 0 bridgehead atoms. The predicted octanol–water partition coefficient (Wildman–Crippen LogP) is -0.0472. The zero-order valence-corrected chi connectivity index (χ0v) is 50.8. The van der Waals surface area contributed by atoms with Gasteiger partial charge in [-0.2, -0.15) is 0 Å². The van der Waals surface area contributed by atoms with E-state index in [1.807, 2.05) is 7.05 Å². The monoisotopic (exact) mass is 1240 g/mol. The Morgan fingerprint density at radius 3 is 1.27 bits per heavy atom. The average molecular weight is 1240 g/mol. The lowest BCUT2D eigenvalue weighted by atomic mass is 10.3. The first-order valence-electron chi connectivity index (χ1n) is 28.4. The first kappa shape index (κ1) is 64.8. The molecule has 7 aromatic rings. The number of likely N-dealkylation sites (N-methyl/N-ethyl adjacent to an activating group) is 1. The fraction of sp³-hybridized carbons (Fsp3) is 0.375. The standard InChI is InChI=1S/C56H71N23O11/c1-71-20-22-79(23-21-71)45(83)13-17-61-54(88)48-69-41(32-77(48)7)70-52(86)38-24-33(27-75(38)5)62-43(81)11-16-60-53(87)47-67-39(30-76(47)6)65-42(80)10-9-14-58-50(84)36-26-35(29-73(36)3)64-56(90)49-68-40(31-78(49)8)66-44(82)12-15-59-51(85)37-25-34(28-74(37)4)63-55(89)46-57-18-19-72(46)2/h18-19,24-32H,9-17,20-23H2,1-8H3,(H,58,84)(H,59,85)(H,60,87)(H,61,88)(H,62,81)(H,63,89)(H,64,90)(H,65,80)(H,66,82)(H,70,86). The quantitative estimate of drug-likeness (QED) is 0.0318. The maximum absolute atomic E-state index is 13.3. The Balaban J connectivity index is 0.695. The van der Waals surface area contributed by atoms with Crippen molar-refractivity contribution in [1.82, 2.24) is 83.0 Å². The van der Waals surface area contributed by atoms with E-state index in [4.69, 9.17) is 0 Å². The Morgan fingerprint density at radius 1 is 0.378 bits per heavy atom. The molecule has 0 saturated carbocycles. The van der Waals surface area contributed by atoms with E-state index in [0.717, 1.165) is 13.1 Å². The molecule has 1 aliphatic rings. The SMILES string of the molecule is CN1CCN(C(=O)CCNC(=O)c2nc(NC(=O)c3cc(NC(=O)CCNC(=O)c4nc(NC(=O)CCCNC(=O)c5cc(NC(=O)c6nc(NC(=O)CCNC(=O)c7cc(NC(=O)c8nccn8C)cn7C)cn6C)cn5C)cn4C)cn3C)cn2C)CC1. The molecule has 476 valence electrons. The number of rotatable bonds is 26. The number of aromatic nitrogens is 11. The molecule has 34 nitrogen and oxygen atoms in total. The highest BCUT2D eigenvalue weighted by molar-refractivity contribution is 6.06. The largest absolute Gasteiger partial charge is 0.351 e. The molecular formula is C56H71N23O11. The molecule has 1 fully saturated rings. The van der Waals surface area contributed by atoms with E-state index >= 15 is 0 Å². The second-order valence-corrected chi connectivity index (χ2v) is 21.3. The van der Waals surface area contributed by atoms with Gasteiger partial charge >= 0.3 is 0 Å². The molecular weight excluding hydrogens is 1170 g/mol. The molecule has 7 aromatic heterocycles. The van der Waals surface area contributed by atoms with Crippen LogP contribution in [-0.2, 0) is 68.5 Å². The van der Waals surface area contributed by atoms with Crippen molar-refractivity contribution in [2.24, 2.45) is 49.3 Å². The van der Waals surface area contributed by atoms with Gasteiger partial charge in [-0.3, -0.25) is 52.7 Å². The minimum atomic E-state index is -0.632. The van der Waals surface area contributed by atoms with Crippen molar-refractivity contribution in [3.05, 3.63) is 108 Å². The molecule has 0 unspecified atom stereocenters. The van der Waals surface area contributed by atoms with Gasteiger partial charge in [0.1, 0.15) is 17.1 Å². The number of piperazine rings is 1. The zero-order valence-electron chi connectivity index (χ0n) is 50.8. The number of carbonyl (C=O) groups is 11. The summed E-state index contributed by atoms with van der Waals surface area (Å²) < 4.78 is 10.3. The molecule has 0 radical (unpaired) electrons. The number of nitrogens with one attached hydrogen (secondary N) is 10. The second-order valence-electron chi connectivity index (χ2n) is 21.3. The maximum atomic E-state index is 13.3. The molecule has 8 rings (SSSR count). The number of hydrogen-bond donors (Lipinski definition) is 10. The fourth-order valence-electron chi connectivity index (χ4n) is 9.43. The summed E-state index contributed by atoms with van der Waals surface area (Å²) >= 11 is 0. The van der Waals surface area contributed by atoms with Crippen LogP contribution in [0.1, 0.15) is 106 Å². The number of anilines is 6. The zero-order chi connectivity index (χ0) is 64.9. The van der Waals surface area contributed by atoms with Crippen LogP contribution < -0.4 is 53.2 Å². The third kappa shape index (κ3) is 16.9. The van der Waals surface area contributed by atoms with Crippen molar-refractivity contribution in [2.45, 2.75) is 32.1 Å². The molecule has 0 aromatic carbocycles. The normalized spacial score (nSPS) is 12.2. The van der Waals surface area contributed by atoms with Crippen molar-refractivity contribution in [2.75, 3.05) is 91.3 Å². The van der Waals surface area contributed by atoms with E-state index in [-0.39, 0.29) is 128 Å². The van der Waals surface area contributed by atoms with E-state index < -0.39 is 59.1 Å². The summed E-state index contributed by atoms with van der Waals surface area (Å²) in [6.45, 7) is 2.99. The Bertz CT molecular complexity index is 3880. The van der Waals surface area contributed by atoms with Crippen molar-refractivity contribution < 1.29 is 52.7 Å². The van der Waals surface area contributed by atoms with Crippen LogP contribution in [-0.4, -0.2) is 186 Å². The van der Waals surface area contributed by atoms with Gasteiger partial charge in [-0.1, -0.05) is 0 Å². The van der Waals surface area contributed by atoms with Gasteiger partial charge in [-0.15, -0.1) is 0 Å². The maximum Gasteiger partial charge on any atom is 0.291 e. The van der Waals surface area contributed by atoms with E-state index in [1.165, 1.54) is 82.8 Å². The molecule has 1 saturated heterocycles. The molecule has 0 atom stereocenters. The fourth-order valence-corrected chi connectivity index (χ4v) is 9.43. The number of hydrogen-bond acceptors (Lipinski definition) is 16. The van der Waals surface area contributed by atoms with Crippen LogP contribution >= 0.6 is 0 Å². The van der Waals surface area contributed by atoms with Crippen LogP contribution in [0.5, 0.6) is 0 Å². The first-order valence-corrected chi connectivity index (χ1v) is 28.4. The van der Waals surface area contributed by atoms with Crippen LogP contribution in [0.15, 0.2) is 67.8 Å². The highest BCUT2D eigenvalue weighted by atomic mass is 16.2. The van der Waals surface area contributed by atoms with E-state index in [1.54, 1.807) is 71.2 Å². The average Bonchev–Trinajstić information content (AvgIpc) is 2.45. The van der Waals surface area contributed by atoms with Gasteiger partial charge in [0.2, 0.25) is 41.1 Å². The first-order chi connectivity index (χ1) is 42.9. The minimum absolute atomic E-state index is 0.0144. The van der Waals surface area contributed by atoms with Crippen LogP contribution in [0.2, 0.25) is 0 Å². The Morgan fingerprint density at radius 2 is 0.778 bits per heavy atom. The van der Waals surface area contributed by atoms with Crippen molar-refractivity contribution >= 4 is 99.5 Å². The van der Waals surface area contributed by atoms with Crippen molar-refractivity contribution in [1.29, 1.82) is 0 Å². The van der Waals surface area contributed by atoms with Crippen LogP contribution in [0, 0.1) is 0 Å². The Hall–Kier alpha value is -11.2. The summed E-state index contributed by atoms with van der Waals surface area (Å²) in [5.41, 5.74) is 1.59. The molecule has 0 aliphatic carbocycles. The molecule has 1 aliphatic heterocycles. The van der Waals surface area contributed by atoms with Gasteiger partial charge < -0.3 is 94.9 Å². The topological polar surface area (TPSA) is 401 Å². The number of aryl methyl sites for hydroxylation is 7. The van der Waals surface area contributed by atoms with Gasteiger partial charge in [0, 0.05) is 177 Å². The van der Waals surface area contributed by atoms with Gasteiger partial charge in [-0.25, -0.2) is 19.9 Å². The van der Waals surface area contributed by atoms with Crippen molar-refractivity contribution in [3.63, 3.8) is 0 Å². The molecule has 10 N–H and O–H groups in total. The van der Waals surface area contributed by atoms with Crippen LogP contribution in [0.4, 0.5) is 34.5 Å². The van der Waals surface area contributed by atoms with E-state index in [0.29, 0.717) is 24.5 Å². The summed E-state index contributed by atoms with van der Waals surface area (Å²) in [4.78, 5) is 163. The van der Waals surface area contributed by atoms with Gasteiger partial charge in [-0.05, 0) is 31.7 Å². The highest BCUT2D eigenvalue weighted by Gasteiger charge is 2.24. The molecule has 11 amide bonds. The van der Waals surface area contributed by atoms with E-state index in [9.17, 15) is 52.7 Å². The lowest BCUT2D eigenvalue weighted by Crippen LogP contribution is -2.47. The molecule has 0 spiro atoms. The predicted molar refractivity (Wildman–Crippen MR) is 325 cm³/mol. The molecule has 34 heteroatoms. The third-order valence-electron chi connectivity index (χ3n) is 14.2. The van der Waals surface area contributed by atoms with Crippen LogP contribution in [0.3, 0.4) is 0 Å². The van der Waals surface area contributed by atoms with E-state index in [2.05, 4.69) is 78.0 Å². The molecule has 90 heavy (non-hydrogen) atoms. The van der Waals surface area contributed by atoms with Gasteiger partial charge in [0.05, 0.1) is 17.1 Å². The molecule has 8 heterocycles. The van der Waals surface area contributed by atoms with Gasteiger partial charge in [0.15, 0.2) is 23.3 Å².